The smallest absolute Gasteiger partial charge is 0.416 e. The minimum atomic E-state index is -4.38. The van der Waals surface area contributed by atoms with Gasteiger partial charge < -0.3 is 14.8 Å². The summed E-state index contributed by atoms with van der Waals surface area (Å²) in [6.45, 7) is 5.41. The Morgan fingerprint density at radius 1 is 1.15 bits per heavy atom. The predicted molar refractivity (Wildman–Crippen MR) is 95.2 cm³/mol. The van der Waals surface area contributed by atoms with Crippen LogP contribution < -0.4 is 10.1 Å². The van der Waals surface area contributed by atoms with Gasteiger partial charge in [0.2, 0.25) is 0 Å². The van der Waals surface area contributed by atoms with E-state index >= 15 is 0 Å². The predicted octanol–water partition coefficient (Wildman–Crippen LogP) is 5.68. The Labute approximate surface area is 159 Å². The molecule has 1 amide bonds. The molecule has 0 spiro atoms. The van der Waals surface area contributed by atoms with Gasteiger partial charge in [0.05, 0.1) is 16.1 Å². The second kappa shape index (κ2) is 8.06. The van der Waals surface area contributed by atoms with E-state index in [1.807, 2.05) is 0 Å². The molecule has 1 aromatic carbocycles. The highest BCUT2D eigenvalue weighted by molar-refractivity contribution is 9.10. The standard InChI is InChI=1S/C18H23BrF3NO3/c1-17(2,3)26-16(24)23-12-5-7-13(8-6-12)25-15-9-4-11(10-14(15)19)18(20,21)22/h4,9-10,12-13H,5-8H2,1-3H3,(H,23,24). The van der Waals surface area contributed by atoms with Gasteiger partial charge in [-0.3, -0.25) is 0 Å². The van der Waals surface area contributed by atoms with Gasteiger partial charge in [-0.25, -0.2) is 4.79 Å². The third-order valence-electron chi connectivity index (χ3n) is 3.95. The van der Waals surface area contributed by atoms with E-state index in [4.69, 9.17) is 9.47 Å². The van der Waals surface area contributed by atoms with Gasteiger partial charge in [-0.1, -0.05) is 0 Å². The minimum absolute atomic E-state index is 0.0146. The van der Waals surface area contributed by atoms with E-state index in [1.165, 1.54) is 6.07 Å². The molecule has 0 bridgehead atoms. The van der Waals surface area contributed by atoms with Crippen molar-refractivity contribution >= 4 is 22.0 Å². The number of carbonyl (C=O) groups is 1. The second-order valence-corrected chi connectivity index (χ2v) is 8.24. The average Bonchev–Trinajstić information content (AvgIpc) is 2.48. The fourth-order valence-electron chi connectivity index (χ4n) is 2.75. The summed E-state index contributed by atoms with van der Waals surface area (Å²) in [5.41, 5.74) is -1.26. The normalized spacial score (nSPS) is 21.2. The monoisotopic (exact) mass is 437 g/mol. The number of ether oxygens (including phenoxy) is 2. The van der Waals surface area contributed by atoms with Crippen LogP contribution in [0.5, 0.6) is 5.75 Å². The SMILES string of the molecule is CC(C)(C)OC(=O)NC1CCC(Oc2ccc(C(F)(F)F)cc2Br)CC1. The third kappa shape index (κ3) is 6.37. The maximum atomic E-state index is 12.7. The molecule has 1 N–H and O–H groups in total. The van der Waals surface area contributed by atoms with Crippen LogP contribution in [0.15, 0.2) is 22.7 Å². The number of rotatable bonds is 3. The molecule has 0 radical (unpaired) electrons. The number of carbonyl (C=O) groups excluding carboxylic acids is 1. The van der Waals surface area contributed by atoms with Gasteiger partial charge >= 0.3 is 12.3 Å². The Morgan fingerprint density at radius 3 is 2.27 bits per heavy atom. The highest BCUT2D eigenvalue weighted by Gasteiger charge is 2.31. The van der Waals surface area contributed by atoms with Crippen molar-refractivity contribution in [3.63, 3.8) is 0 Å². The number of nitrogens with one attached hydrogen (secondary N) is 1. The largest absolute Gasteiger partial charge is 0.489 e. The van der Waals surface area contributed by atoms with Gasteiger partial charge in [0.25, 0.3) is 0 Å². The Hall–Kier alpha value is -1.44. The van der Waals surface area contributed by atoms with E-state index in [0.717, 1.165) is 25.0 Å². The molecule has 146 valence electrons. The molecule has 0 saturated heterocycles. The lowest BCUT2D eigenvalue weighted by atomic mass is 9.93. The number of alkyl halides is 3. The highest BCUT2D eigenvalue weighted by atomic mass is 79.9. The van der Waals surface area contributed by atoms with Crippen molar-refractivity contribution in [2.75, 3.05) is 0 Å². The average molecular weight is 438 g/mol. The van der Waals surface area contributed by atoms with E-state index in [0.29, 0.717) is 18.6 Å². The fraction of sp³-hybridized carbons (Fsp3) is 0.611. The molecule has 1 aromatic rings. The third-order valence-corrected chi connectivity index (χ3v) is 4.57. The zero-order valence-electron chi connectivity index (χ0n) is 15.0. The first-order valence-corrected chi connectivity index (χ1v) is 9.26. The van der Waals surface area contributed by atoms with Crippen LogP contribution in [0.3, 0.4) is 0 Å². The summed E-state index contributed by atoms with van der Waals surface area (Å²) in [5.74, 6) is 0.390. The van der Waals surface area contributed by atoms with Crippen molar-refractivity contribution in [3.05, 3.63) is 28.2 Å². The number of hydrogen-bond donors (Lipinski definition) is 1. The lowest BCUT2D eigenvalue weighted by Gasteiger charge is -2.30. The summed E-state index contributed by atoms with van der Waals surface area (Å²) >= 11 is 3.14. The van der Waals surface area contributed by atoms with Crippen LogP contribution in [0.4, 0.5) is 18.0 Å². The summed E-state index contributed by atoms with van der Waals surface area (Å²) in [6, 6.07) is 3.37. The van der Waals surface area contributed by atoms with Crippen molar-refractivity contribution < 1.29 is 27.4 Å². The van der Waals surface area contributed by atoms with Crippen LogP contribution in [-0.4, -0.2) is 23.8 Å². The van der Waals surface area contributed by atoms with Crippen LogP contribution in [0.1, 0.15) is 52.0 Å². The Bertz CT molecular complexity index is 636. The molecule has 0 atom stereocenters. The molecule has 26 heavy (non-hydrogen) atoms. The van der Waals surface area contributed by atoms with E-state index in [9.17, 15) is 18.0 Å². The van der Waals surface area contributed by atoms with Crippen molar-refractivity contribution in [1.82, 2.24) is 5.32 Å². The maximum absolute atomic E-state index is 12.7. The van der Waals surface area contributed by atoms with Gasteiger partial charge in [-0.05, 0) is 80.6 Å². The van der Waals surface area contributed by atoms with E-state index in [1.54, 1.807) is 20.8 Å². The van der Waals surface area contributed by atoms with Crippen LogP contribution in [0.2, 0.25) is 0 Å². The molecule has 1 fully saturated rings. The molecule has 8 heteroatoms. The van der Waals surface area contributed by atoms with Gasteiger partial charge in [0.1, 0.15) is 11.4 Å². The highest BCUT2D eigenvalue weighted by Crippen LogP contribution is 2.36. The first-order chi connectivity index (χ1) is 11.9. The molecule has 1 saturated carbocycles. The molecular formula is C18H23BrF3NO3. The molecule has 4 nitrogen and oxygen atoms in total. The quantitative estimate of drug-likeness (QED) is 0.661. The van der Waals surface area contributed by atoms with Crippen LogP contribution in [0, 0.1) is 0 Å². The molecule has 0 unspecified atom stereocenters. The number of benzene rings is 1. The van der Waals surface area contributed by atoms with E-state index < -0.39 is 23.4 Å². The van der Waals surface area contributed by atoms with E-state index in [-0.39, 0.29) is 16.6 Å². The lowest BCUT2D eigenvalue weighted by Crippen LogP contribution is -2.42. The van der Waals surface area contributed by atoms with E-state index in [2.05, 4.69) is 21.2 Å². The molecule has 2 rings (SSSR count). The molecule has 1 aliphatic rings. The Balaban J connectivity index is 1.84. The molecule has 1 aliphatic carbocycles. The molecule has 0 heterocycles. The summed E-state index contributed by atoms with van der Waals surface area (Å²) in [7, 11) is 0. The minimum Gasteiger partial charge on any atom is -0.489 e. The second-order valence-electron chi connectivity index (χ2n) is 7.38. The first kappa shape index (κ1) is 20.9. The van der Waals surface area contributed by atoms with Gasteiger partial charge in [-0.15, -0.1) is 0 Å². The molecule has 0 aliphatic heterocycles. The van der Waals surface area contributed by atoms with Gasteiger partial charge in [-0.2, -0.15) is 13.2 Å². The summed E-state index contributed by atoms with van der Waals surface area (Å²) in [4.78, 5) is 11.8. The number of hydrogen-bond acceptors (Lipinski definition) is 3. The Morgan fingerprint density at radius 2 is 1.77 bits per heavy atom. The summed E-state index contributed by atoms with van der Waals surface area (Å²) in [5, 5.41) is 2.84. The Kier molecular flexibility index (Phi) is 6.47. The molecule has 0 aromatic heterocycles. The zero-order valence-corrected chi connectivity index (χ0v) is 16.5. The number of halogens is 4. The van der Waals surface area contributed by atoms with Crippen molar-refractivity contribution in [3.8, 4) is 5.75 Å². The van der Waals surface area contributed by atoms with Crippen molar-refractivity contribution in [2.24, 2.45) is 0 Å². The van der Waals surface area contributed by atoms with Crippen LogP contribution >= 0.6 is 15.9 Å². The van der Waals surface area contributed by atoms with Gasteiger partial charge in [0, 0.05) is 6.04 Å². The topological polar surface area (TPSA) is 47.6 Å². The first-order valence-electron chi connectivity index (χ1n) is 8.47. The van der Waals surface area contributed by atoms with Crippen molar-refractivity contribution in [2.45, 2.75) is 70.4 Å². The summed E-state index contributed by atoms with van der Waals surface area (Å²) < 4.78 is 49.5. The zero-order chi connectivity index (χ0) is 19.5. The van der Waals surface area contributed by atoms with Crippen LogP contribution in [0.25, 0.3) is 0 Å². The number of amides is 1. The van der Waals surface area contributed by atoms with Crippen LogP contribution in [-0.2, 0) is 10.9 Å². The molecular weight excluding hydrogens is 415 g/mol. The summed E-state index contributed by atoms with van der Waals surface area (Å²) in [6.07, 6.45) is -2.06. The van der Waals surface area contributed by atoms with Crippen molar-refractivity contribution in [1.29, 1.82) is 0 Å². The number of alkyl carbamates (subject to hydrolysis) is 1. The lowest BCUT2D eigenvalue weighted by molar-refractivity contribution is -0.137. The maximum Gasteiger partial charge on any atom is 0.416 e. The van der Waals surface area contributed by atoms with Gasteiger partial charge in [0.15, 0.2) is 0 Å². The fourth-order valence-corrected chi connectivity index (χ4v) is 3.22.